The molecule has 6 nitrogen and oxygen atoms in total. The van der Waals surface area contributed by atoms with Gasteiger partial charge in [-0.3, -0.25) is 9.59 Å². The van der Waals surface area contributed by atoms with Gasteiger partial charge in [-0.25, -0.2) is 4.68 Å². The van der Waals surface area contributed by atoms with Gasteiger partial charge in [-0.2, -0.15) is 0 Å². The van der Waals surface area contributed by atoms with E-state index in [9.17, 15) is 9.59 Å². The Hall–Kier alpha value is -2.73. The van der Waals surface area contributed by atoms with Crippen molar-refractivity contribution in [2.24, 2.45) is 0 Å². The van der Waals surface area contributed by atoms with E-state index in [1.165, 1.54) is 4.68 Å². The molecular weight excluding hydrogens is 318 g/mol. The molecule has 0 unspecified atom stereocenters. The zero-order valence-electron chi connectivity index (χ0n) is 12.0. The average molecular weight is 330 g/mol. The number of esters is 1. The molecule has 0 aliphatic carbocycles. The van der Waals surface area contributed by atoms with Crippen molar-refractivity contribution in [1.29, 1.82) is 0 Å². The monoisotopic (exact) mass is 329 g/mol. The number of nitrogens with zero attached hydrogens (tertiary/aromatic N) is 3. The van der Waals surface area contributed by atoms with Crippen LogP contribution in [0.1, 0.15) is 10.4 Å². The fraction of sp³-hybridized carbons (Fsp3) is 0.125. The number of carbonyl (C=O) groups is 2. The summed E-state index contributed by atoms with van der Waals surface area (Å²) in [5.74, 6) is -0.846. The molecule has 116 valence electrons. The molecule has 0 saturated carbocycles. The number of benzene rings is 2. The second kappa shape index (κ2) is 6.58. The normalized spacial score (nSPS) is 10.7. The van der Waals surface area contributed by atoms with Gasteiger partial charge in [0.25, 0.3) is 0 Å². The largest absolute Gasteiger partial charge is 0.456 e. The molecule has 1 aromatic heterocycles. The molecule has 0 N–H and O–H groups in total. The van der Waals surface area contributed by atoms with Gasteiger partial charge in [0.2, 0.25) is 0 Å². The summed E-state index contributed by atoms with van der Waals surface area (Å²) in [6.07, 6.45) is 0. The van der Waals surface area contributed by atoms with Gasteiger partial charge >= 0.3 is 5.97 Å². The number of ketones is 1. The SMILES string of the molecule is O=C(Cn1nnc2ccccc21)OCC(=O)c1ccc(Cl)cc1. The first-order valence-corrected chi connectivity index (χ1v) is 7.24. The lowest BCUT2D eigenvalue weighted by Crippen LogP contribution is -2.19. The third kappa shape index (κ3) is 3.54. The van der Waals surface area contributed by atoms with E-state index < -0.39 is 5.97 Å². The standard InChI is InChI=1S/C16H12ClN3O3/c17-12-7-5-11(6-8-12)15(21)10-23-16(22)9-20-14-4-2-1-3-13(14)18-19-20/h1-8H,9-10H2. The van der Waals surface area contributed by atoms with Crippen LogP contribution in [0.2, 0.25) is 5.02 Å². The van der Waals surface area contributed by atoms with E-state index in [4.69, 9.17) is 16.3 Å². The molecule has 0 bridgehead atoms. The van der Waals surface area contributed by atoms with Gasteiger partial charge in [-0.1, -0.05) is 28.9 Å². The van der Waals surface area contributed by atoms with Crippen LogP contribution in [-0.4, -0.2) is 33.4 Å². The predicted octanol–water partition coefficient (Wildman–Crippen LogP) is 2.51. The quantitative estimate of drug-likeness (QED) is 0.531. The van der Waals surface area contributed by atoms with Crippen molar-refractivity contribution in [3.8, 4) is 0 Å². The number of aromatic nitrogens is 3. The molecule has 0 spiro atoms. The van der Waals surface area contributed by atoms with Crippen molar-refractivity contribution in [1.82, 2.24) is 15.0 Å². The first-order chi connectivity index (χ1) is 11.1. The summed E-state index contributed by atoms with van der Waals surface area (Å²) in [6, 6.07) is 13.7. The van der Waals surface area contributed by atoms with Crippen LogP contribution in [0.25, 0.3) is 11.0 Å². The van der Waals surface area contributed by atoms with Crippen molar-refractivity contribution < 1.29 is 14.3 Å². The van der Waals surface area contributed by atoms with Crippen LogP contribution >= 0.6 is 11.6 Å². The van der Waals surface area contributed by atoms with Crippen molar-refractivity contribution in [2.75, 3.05) is 6.61 Å². The molecule has 0 fully saturated rings. The number of ether oxygens (including phenoxy) is 1. The Morgan fingerprint density at radius 3 is 2.61 bits per heavy atom. The Morgan fingerprint density at radius 2 is 1.83 bits per heavy atom. The molecule has 0 aliphatic heterocycles. The van der Waals surface area contributed by atoms with Gasteiger partial charge in [0.05, 0.1) is 5.52 Å². The Balaban J connectivity index is 1.59. The molecule has 0 aliphatic rings. The highest BCUT2D eigenvalue weighted by molar-refractivity contribution is 6.30. The summed E-state index contributed by atoms with van der Waals surface area (Å²) in [6.45, 7) is -0.429. The third-order valence-corrected chi connectivity index (χ3v) is 3.48. The Kier molecular flexibility index (Phi) is 4.34. The lowest BCUT2D eigenvalue weighted by atomic mass is 10.1. The smallest absolute Gasteiger partial charge is 0.328 e. The topological polar surface area (TPSA) is 74.1 Å². The van der Waals surface area contributed by atoms with E-state index in [0.717, 1.165) is 5.52 Å². The molecule has 3 aromatic rings. The van der Waals surface area contributed by atoms with Crippen molar-refractivity contribution in [3.63, 3.8) is 0 Å². The number of rotatable bonds is 5. The fourth-order valence-electron chi connectivity index (χ4n) is 2.07. The van der Waals surface area contributed by atoms with E-state index in [-0.39, 0.29) is 18.9 Å². The lowest BCUT2D eigenvalue weighted by Gasteiger charge is -2.05. The van der Waals surface area contributed by atoms with Crippen LogP contribution in [0.15, 0.2) is 48.5 Å². The minimum absolute atomic E-state index is 0.103. The maximum Gasteiger partial charge on any atom is 0.328 e. The van der Waals surface area contributed by atoms with Crippen LogP contribution in [0.3, 0.4) is 0 Å². The number of fused-ring (bicyclic) bond motifs is 1. The highest BCUT2D eigenvalue weighted by atomic mass is 35.5. The Morgan fingerprint density at radius 1 is 1.09 bits per heavy atom. The molecule has 0 amide bonds. The van der Waals surface area contributed by atoms with Gasteiger partial charge in [0.1, 0.15) is 12.1 Å². The zero-order valence-corrected chi connectivity index (χ0v) is 12.7. The molecule has 2 aromatic carbocycles. The summed E-state index contributed by atoms with van der Waals surface area (Å²) in [5, 5.41) is 8.38. The maximum absolute atomic E-state index is 11.9. The molecule has 0 atom stereocenters. The van der Waals surface area contributed by atoms with Crippen LogP contribution in [0, 0.1) is 0 Å². The molecule has 1 heterocycles. The number of hydrogen-bond donors (Lipinski definition) is 0. The second-order valence-electron chi connectivity index (χ2n) is 4.83. The van der Waals surface area contributed by atoms with E-state index >= 15 is 0 Å². The fourth-order valence-corrected chi connectivity index (χ4v) is 2.19. The van der Waals surface area contributed by atoms with E-state index in [1.807, 2.05) is 18.2 Å². The number of carbonyl (C=O) groups excluding carboxylic acids is 2. The Bertz CT molecular complexity index is 858. The summed E-state index contributed by atoms with van der Waals surface area (Å²) in [4.78, 5) is 23.8. The maximum atomic E-state index is 11.9. The summed E-state index contributed by atoms with van der Waals surface area (Å²) in [7, 11) is 0. The Labute approximate surface area is 136 Å². The molecule has 3 rings (SSSR count). The minimum Gasteiger partial charge on any atom is -0.456 e. The summed E-state index contributed by atoms with van der Waals surface area (Å²) < 4.78 is 6.44. The van der Waals surface area contributed by atoms with E-state index in [0.29, 0.717) is 16.1 Å². The summed E-state index contributed by atoms with van der Waals surface area (Å²) in [5.41, 5.74) is 1.86. The van der Waals surface area contributed by atoms with Gasteiger partial charge in [-0.15, -0.1) is 5.10 Å². The van der Waals surface area contributed by atoms with Crippen LogP contribution < -0.4 is 0 Å². The van der Waals surface area contributed by atoms with Gasteiger partial charge in [0.15, 0.2) is 12.4 Å². The number of halogens is 1. The molecular formula is C16H12ClN3O3. The zero-order chi connectivity index (χ0) is 16.2. The molecule has 23 heavy (non-hydrogen) atoms. The van der Waals surface area contributed by atoms with Gasteiger partial charge in [0, 0.05) is 10.6 Å². The number of Topliss-reactive ketones (excluding diaryl/α,β-unsaturated/α-hetero) is 1. The first kappa shape index (κ1) is 15.2. The third-order valence-electron chi connectivity index (χ3n) is 3.23. The molecule has 0 radical (unpaired) electrons. The highest BCUT2D eigenvalue weighted by Crippen LogP contribution is 2.11. The second-order valence-corrected chi connectivity index (χ2v) is 5.26. The van der Waals surface area contributed by atoms with Crippen molar-refractivity contribution in [3.05, 3.63) is 59.1 Å². The van der Waals surface area contributed by atoms with Crippen LogP contribution in [0.5, 0.6) is 0 Å². The number of para-hydroxylation sites is 1. The van der Waals surface area contributed by atoms with Gasteiger partial charge < -0.3 is 4.74 Å². The van der Waals surface area contributed by atoms with Crippen molar-refractivity contribution in [2.45, 2.75) is 6.54 Å². The molecule has 0 saturated heterocycles. The average Bonchev–Trinajstić information content (AvgIpc) is 2.96. The first-order valence-electron chi connectivity index (χ1n) is 6.86. The van der Waals surface area contributed by atoms with E-state index in [2.05, 4.69) is 10.3 Å². The van der Waals surface area contributed by atoms with E-state index in [1.54, 1.807) is 30.3 Å². The minimum atomic E-state index is -0.553. The predicted molar refractivity (Wildman–Crippen MR) is 84.3 cm³/mol. The van der Waals surface area contributed by atoms with Gasteiger partial charge in [-0.05, 0) is 36.4 Å². The van der Waals surface area contributed by atoms with Crippen LogP contribution in [-0.2, 0) is 16.1 Å². The lowest BCUT2D eigenvalue weighted by molar-refractivity contribution is -0.143. The van der Waals surface area contributed by atoms with Crippen LogP contribution in [0.4, 0.5) is 0 Å². The molecule has 7 heteroatoms. The highest BCUT2D eigenvalue weighted by Gasteiger charge is 2.12. The summed E-state index contributed by atoms with van der Waals surface area (Å²) >= 11 is 5.76. The van der Waals surface area contributed by atoms with Crippen molar-refractivity contribution >= 4 is 34.4 Å². The number of hydrogen-bond acceptors (Lipinski definition) is 5.